The van der Waals surface area contributed by atoms with Crippen LogP contribution in [-0.4, -0.2) is 36.4 Å². The van der Waals surface area contributed by atoms with Crippen molar-refractivity contribution in [3.05, 3.63) is 0 Å². The van der Waals surface area contributed by atoms with E-state index in [4.69, 9.17) is 9.47 Å². The first-order valence-corrected chi connectivity index (χ1v) is 16.5. The van der Waals surface area contributed by atoms with Crippen LogP contribution in [0.5, 0.6) is 0 Å². The number of aliphatic hydroxyl groups is 1. The van der Waals surface area contributed by atoms with E-state index in [2.05, 4.69) is 20.8 Å². The Morgan fingerprint density at radius 3 is 1.39 bits per heavy atom. The summed E-state index contributed by atoms with van der Waals surface area (Å²) in [5, 5.41) is 9.47. The lowest BCUT2D eigenvalue weighted by molar-refractivity contribution is -0.161. The van der Waals surface area contributed by atoms with Gasteiger partial charge in [0.25, 0.3) is 0 Å². The summed E-state index contributed by atoms with van der Waals surface area (Å²) in [6.07, 6.45) is 27.3. The highest BCUT2D eigenvalue weighted by molar-refractivity contribution is 5.70. The van der Waals surface area contributed by atoms with Gasteiger partial charge in [0.05, 0.1) is 6.61 Å². The lowest BCUT2D eigenvalue weighted by Crippen LogP contribution is -2.28. The molecule has 1 N–H and O–H groups in total. The molecule has 38 heavy (non-hydrogen) atoms. The second-order valence-electron chi connectivity index (χ2n) is 11.7. The van der Waals surface area contributed by atoms with Crippen molar-refractivity contribution in [2.24, 2.45) is 5.92 Å². The van der Waals surface area contributed by atoms with Crippen molar-refractivity contribution in [2.45, 2.75) is 181 Å². The van der Waals surface area contributed by atoms with Gasteiger partial charge in [-0.1, -0.05) is 149 Å². The number of unbranched alkanes of at least 4 members (excludes halogenated alkanes) is 19. The van der Waals surface area contributed by atoms with Gasteiger partial charge in [-0.3, -0.25) is 9.59 Å². The topological polar surface area (TPSA) is 72.8 Å². The van der Waals surface area contributed by atoms with Gasteiger partial charge in [-0.15, -0.1) is 0 Å². The monoisotopic (exact) mass is 540 g/mol. The minimum absolute atomic E-state index is 0.0590. The summed E-state index contributed by atoms with van der Waals surface area (Å²) >= 11 is 0. The van der Waals surface area contributed by atoms with Crippen molar-refractivity contribution >= 4 is 11.9 Å². The van der Waals surface area contributed by atoms with Gasteiger partial charge < -0.3 is 14.6 Å². The first-order chi connectivity index (χ1) is 18.5. The Kier molecular flexibility index (Phi) is 28.1. The van der Waals surface area contributed by atoms with Crippen molar-refractivity contribution in [1.82, 2.24) is 0 Å². The SMILES string of the molecule is CCCCCCCCCCCC(=O)O[C@@H](CO)COC(=O)CCCCCCCCCCCCCCC(C)C. The summed E-state index contributed by atoms with van der Waals surface area (Å²) in [6, 6.07) is 0. The molecule has 0 saturated heterocycles. The van der Waals surface area contributed by atoms with Gasteiger partial charge in [-0.05, 0) is 18.8 Å². The predicted octanol–water partition coefficient (Wildman–Crippen LogP) is 9.47. The largest absolute Gasteiger partial charge is 0.462 e. The summed E-state index contributed by atoms with van der Waals surface area (Å²) in [4.78, 5) is 24.0. The lowest BCUT2D eigenvalue weighted by atomic mass is 10.0. The molecule has 0 aliphatic carbocycles. The van der Waals surface area contributed by atoms with Gasteiger partial charge >= 0.3 is 11.9 Å². The maximum absolute atomic E-state index is 12.0. The molecule has 1 atom stereocenters. The Balaban J connectivity index is 3.53. The molecular formula is C33H64O5. The number of esters is 2. The molecule has 0 bridgehead atoms. The van der Waals surface area contributed by atoms with Crippen molar-refractivity contribution in [3.8, 4) is 0 Å². The van der Waals surface area contributed by atoms with Crippen LogP contribution in [0.25, 0.3) is 0 Å². The molecule has 0 aliphatic rings. The van der Waals surface area contributed by atoms with Gasteiger partial charge in [0.1, 0.15) is 6.61 Å². The zero-order chi connectivity index (χ0) is 28.1. The van der Waals surface area contributed by atoms with E-state index in [1.165, 1.54) is 103 Å². The van der Waals surface area contributed by atoms with E-state index in [1.807, 2.05) is 0 Å². The van der Waals surface area contributed by atoms with E-state index in [9.17, 15) is 14.7 Å². The van der Waals surface area contributed by atoms with Crippen LogP contribution in [0.1, 0.15) is 175 Å². The molecule has 5 heteroatoms. The van der Waals surface area contributed by atoms with Gasteiger partial charge in [-0.25, -0.2) is 0 Å². The Morgan fingerprint density at radius 1 is 0.579 bits per heavy atom. The molecule has 0 aromatic carbocycles. The van der Waals surface area contributed by atoms with Gasteiger partial charge in [0, 0.05) is 12.8 Å². The first kappa shape index (κ1) is 36.9. The molecule has 0 aromatic rings. The normalized spacial score (nSPS) is 12.1. The first-order valence-electron chi connectivity index (χ1n) is 16.5. The summed E-state index contributed by atoms with van der Waals surface area (Å²) in [5.41, 5.74) is 0. The van der Waals surface area contributed by atoms with E-state index in [0.29, 0.717) is 12.8 Å². The zero-order valence-corrected chi connectivity index (χ0v) is 25.6. The standard InChI is InChI=1S/C33H64O5/c1-4-5-6-7-8-13-18-21-24-27-33(36)38-31(28-34)29-37-32(35)26-23-20-17-15-12-10-9-11-14-16-19-22-25-30(2)3/h30-31,34H,4-29H2,1-3H3/t31-/m0/s1. The van der Waals surface area contributed by atoms with Crippen LogP contribution < -0.4 is 0 Å². The van der Waals surface area contributed by atoms with Crippen LogP contribution in [-0.2, 0) is 19.1 Å². The second kappa shape index (κ2) is 28.9. The molecule has 5 nitrogen and oxygen atoms in total. The van der Waals surface area contributed by atoms with E-state index in [1.54, 1.807) is 0 Å². The number of carbonyl (C=O) groups is 2. The highest BCUT2D eigenvalue weighted by Gasteiger charge is 2.16. The molecule has 0 radical (unpaired) electrons. The molecule has 226 valence electrons. The van der Waals surface area contributed by atoms with Gasteiger partial charge in [0.15, 0.2) is 6.10 Å². The fraction of sp³-hybridized carbons (Fsp3) is 0.939. The molecule has 0 aromatic heterocycles. The molecule has 0 aliphatic heterocycles. The predicted molar refractivity (Wildman–Crippen MR) is 159 cm³/mol. The average Bonchev–Trinajstić information content (AvgIpc) is 2.90. The van der Waals surface area contributed by atoms with Crippen LogP contribution in [0, 0.1) is 5.92 Å². The summed E-state index contributed by atoms with van der Waals surface area (Å²) in [5.74, 6) is 0.256. The quantitative estimate of drug-likeness (QED) is 0.0755. The highest BCUT2D eigenvalue weighted by atomic mass is 16.6. The molecule has 0 spiro atoms. The van der Waals surface area contributed by atoms with E-state index in [-0.39, 0.29) is 25.2 Å². The molecule has 0 amide bonds. The third kappa shape index (κ3) is 27.9. The second-order valence-corrected chi connectivity index (χ2v) is 11.7. The van der Waals surface area contributed by atoms with Crippen LogP contribution in [0.3, 0.4) is 0 Å². The van der Waals surface area contributed by atoms with E-state index in [0.717, 1.165) is 44.4 Å². The highest BCUT2D eigenvalue weighted by Crippen LogP contribution is 2.15. The van der Waals surface area contributed by atoms with Crippen LogP contribution in [0.4, 0.5) is 0 Å². The van der Waals surface area contributed by atoms with E-state index < -0.39 is 6.10 Å². The smallest absolute Gasteiger partial charge is 0.306 e. The summed E-state index contributed by atoms with van der Waals surface area (Å²) in [6.45, 7) is 6.46. The Morgan fingerprint density at radius 2 is 0.974 bits per heavy atom. The average molecular weight is 541 g/mol. The number of carbonyl (C=O) groups excluding carboxylic acids is 2. The number of rotatable bonds is 29. The fourth-order valence-corrected chi connectivity index (χ4v) is 4.80. The number of hydrogen-bond donors (Lipinski definition) is 1. The van der Waals surface area contributed by atoms with Crippen molar-refractivity contribution in [3.63, 3.8) is 0 Å². The third-order valence-electron chi connectivity index (χ3n) is 7.33. The number of hydrogen-bond acceptors (Lipinski definition) is 5. The number of ether oxygens (including phenoxy) is 2. The maximum Gasteiger partial charge on any atom is 0.306 e. The molecule has 0 saturated carbocycles. The zero-order valence-electron chi connectivity index (χ0n) is 25.6. The summed E-state index contributed by atoms with van der Waals surface area (Å²) in [7, 11) is 0. The Hall–Kier alpha value is -1.10. The molecule has 0 fully saturated rings. The van der Waals surface area contributed by atoms with Crippen molar-refractivity contribution in [2.75, 3.05) is 13.2 Å². The van der Waals surface area contributed by atoms with E-state index >= 15 is 0 Å². The van der Waals surface area contributed by atoms with Gasteiger partial charge in [-0.2, -0.15) is 0 Å². The van der Waals surface area contributed by atoms with Gasteiger partial charge in [0.2, 0.25) is 0 Å². The van der Waals surface area contributed by atoms with Crippen molar-refractivity contribution in [1.29, 1.82) is 0 Å². The minimum Gasteiger partial charge on any atom is -0.462 e. The van der Waals surface area contributed by atoms with Crippen molar-refractivity contribution < 1.29 is 24.2 Å². The third-order valence-corrected chi connectivity index (χ3v) is 7.33. The maximum atomic E-state index is 12.0. The minimum atomic E-state index is -0.759. The Bertz CT molecular complexity index is 520. The Labute approximate surface area is 236 Å². The lowest BCUT2D eigenvalue weighted by Gasteiger charge is -2.15. The molecule has 0 rings (SSSR count). The van der Waals surface area contributed by atoms with Crippen LogP contribution >= 0.6 is 0 Å². The molecule has 0 heterocycles. The number of aliphatic hydroxyl groups excluding tert-OH is 1. The fourth-order valence-electron chi connectivity index (χ4n) is 4.80. The van der Waals surface area contributed by atoms with Crippen LogP contribution in [0.15, 0.2) is 0 Å². The molecular weight excluding hydrogens is 476 g/mol. The van der Waals surface area contributed by atoms with Crippen LogP contribution in [0.2, 0.25) is 0 Å². The molecule has 0 unspecified atom stereocenters. The summed E-state index contributed by atoms with van der Waals surface area (Å²) < 4.78 is 10.5.